The standard InChI is InChI=1S/C18H27NO4/c1-11(2)15(16(20)21)19-17(22)18(5,6)10-23-14-9-12(3)7-8-13(14)4/h7-9,11,15H,10H2,1-6H3,(H,19,22)(H,20,21). The zero-order chi connectivity index (χ0) is 17.8. The van der Waals surface area contributed by atoms with Crippen LogP contribution in [0.2, 0.25) is 0 Å². The topological polar surface area (TPSA) is 75.6 Å². The van der Waals surface area contributed by atoms with Crippen LogP contribution < -0.4 is 10.1 Å². The van der Waals surface area contributed by atoms with Crippen molar-refractivity contribution >= 4 is 11.9 Å². The Bertz CT molecular complexity index is 578. The number of carboxylic acid groups (broad SMARTS) is 1. The van der Waals surface area contributed by atoms with Crippen LogP contribution in [0.15, 0.2) is 18.2 Å². The largest absolute Gasteiger partial charge is 0.492 e. The molecule has 0 bridgehead atoms. The fourth-order valence-electron chi connectivity index (χ4n) is 2.04. The van der Waals surface area contributed by atoms with Gasteiger partial charge in [0.2, 0.25) is 5.91 Å². The molecule has 1 aromatic carbocycles. The number of amides is 1. The fourth-order valence-corrected chi connectivity index (χ4v) is 2.04. The summed E-state index contributed by atoms with van der Waals surface area (Å²) in [5.74, 6) is -0.805. The molecule has 23 heavy (non-hydrogen) atoms. The molecule has 2 N–H and O–H groups in total. The van der Waals surface area contributed by atoms with Gasteiger partial charge in [0.1, 0.15) is 18.4 Å². The van der Waals surface area contributed by atoms with Gasteiger partial charge < -0.3 is 15.2 Å². The van der Waals surface area contributed by atoms with E-state index in [2.05, 4.69) is 5.32 Å². The van der Waals surface area contributed by atoms with Crippen LogP contribution in [0.3, 0.4) is 0 Å². The Labute approximate surface area is 138 Å². The number of aliphatic carboxylic acids is 1. The maximum Gasteiger partial charge on any atom is 0.326 e. The number of benzene rings is 1. The lowest BCUT2D eigenvalue weighted by Gasteiger charge is -2.27. The highest BCUT2D eigenvalue weighted by molar-refractivity contribution is 5.87. The summed E-state index contributed by atoms with van der Waals surface area (Å²) in [5.41, 5.74) is 1.25. The van der Waals surface area contributed by atoms with E-state index in [1.54, 1.807) is 27.7 Å². The third-order valence-corrected chi connectivity index (χ3v) is 3.77. The van der Waals surface area contributed by atoms with Gasteiger partial charge in [0.25, 0.3) is 0 Å². The van der Waals surface area contributed by atoms with Crippen molar-refractivity contribution in [1.29, 1.82) is 0 Å². The molecule has 1 amide bonds. The second-order valence-electron chi connectivity index (χ2n) is 6.97. The molecule has 0 aromatic heterocycles. The van der Waals surface area contributed by atoms with Crippen molar-refractivity contribution in [2.45, 2.75) is 47.6 Å². The Balaban J connectivity index is 2.76. The molecule has 0 aliphatic rings. The first-order chi connectivity index (χ1) is 10.5. The van der Waals surface area contributed by atoms with E-state index in [9.17, 15) is 14.7 Å². The van der Waals surface area contributed by atoms with Crippen molar-refractivity contribution in [3.63, 3.8) is 0 Å². The molecule has 128 valence electrons. The number of hydrogen-bond donors (Lipinski definition) is 2. The molecule has 0 radical (unpaired) electrons. The number of carbonyl (C=O) groups excluding carboxylic acids is 1. The summed E-state index contributed by atoms with van der Waals surface area (Å²) in [4.78, 5) is 23.6. The Morgan fingerprint density at radius 1 is 1.26 bits per heavy atom. The van der Waals surface area contributed by atoms with Crippen LogP contribution in [0.25, 0.3) is 0 Å². The number of rotatable bonds is 7. The van der Waals surface area contributed by atoms with Gasteiger partial charge in [0.05, 0.1) is 5.41 Å². The van der Waals surface area contributed by atoms with E-state index in [1.165, 1.54) is 0 Å². The molecule has 1 aromatic rings. The maximum absolute atomic E-state index is 12.4. The van der Waals surface area contributed by atoms with Gasteiger partial charge in [-0.1, -0.05) is 26.0 Å². The van der Waals surface area contributed by atoms with Crippen molar-refractivity contribution in [3.8, 4) is 5.75 Å². The highest BCUT2D eigenvalue weighted by Crippen LogP contribution is 2.23. The molecule has 5 nitrogen and oxygen atoms in total. The molecule has 0 saturated carbocycles. The number of carboxylic acids is 1. The SMILES string of the molecule is Cc1ccc(C)c(OCC(C)(C)C(=O)NC(C(=O)O)C(C)C)c1. The molecular formula is C18H27NO4. The van der Waals surface area contributed by atoms with Gasteiger partial charge in [-0.15, -0.1) is 0 Å². The van der Waals surface area contributed by atoms with E-state index in [-0.39, 0.29) is 18.4 Å². The zero-order valence-corrected chi connectivity index (χ0v) is 14.8. The molecular weight excluding hydrogens is 294 g/mol. The van der Waals surface area contributed by atoms with E-state index in [1.807, 2.05) is 32.0 Å². The lowest BCUT2D eigenvalue weighted by atomic mass is 9.92. The quantitative estimate of drug-likeness (QED) is 0.809. The Hall–Kier alpha value is -2.04. The normalized spacial score (nSPS) is 12.8. The third-order valence-electron chi connectivity index (χ3n) is 3.77. The minimum atomic E-state index is -1.03. The molecule has 1 rings (SSSR count). The van der Waals surface area contributed by atoms with Crippen molar-refractivity contribution < 1.29 is 19.4 Å². The summed E-state index contributed by atoms with van der Waals surface area (Å²) in [6.07, 6.45) is 0. The number of aryl methyl sites for hydroxylation is 2. The first-order valence-corrected chi connectivity index (χ1v) is 7.78. The van der Waals surface area contributed by atoms with Crippen LogP contribution in [-0.4, -0.2) is 29.6 Å². The number of nitrogens with one attached hydrogen (secondary N) is 1. The Morgan fingerprint density at radius 3 is 2.39 bits per heavy atom. The molecule has 0 saturated heterocycles. The molecule has 0 fully saturated rings. The van der Waals surface area contributed by atoms with Crippen molar-refractivity contribution in [1.82, 2.24) is 5.32 Å². The van der Waals surface area contributed by atoms with Crippen LogP contribution >= 0.6 is 0 Å². The minimum absolute atomic E-state index is 0.174. The van der Waals surface area contributed by atoms with Crippen LogP contribution in [0.1, 0.15) is 38.8 Å². The van der Waals surface area contributed by atoms with E-state index in [4.69, 9.17) is 4.74 Å². The first kappa shape index (κ1) is 19.0. The first-order valence-electron chi connectivity index (χ1n) is 7.78. The zero-order valence-electron chi connectivity index (χ0n) is 14.8. The minimum Gasteiger partial charge on any atom is -0.492 e. The predicted octanol–water partition coefficient (Wildman–Crippen LogP) is 2.93. The lowest BCUT2D eigenvalue weighted by molar-refractivity contribution is -0.145. The summed E-state index contributed by atoms with van der Waals surface area (Å²) >= 11 is 0. The molecule has 0 aliphatic carbocycles. The molecule has 0 spiro atoms. The number of hydrogen-bond acceptors (Lipinski definition) is 3. The van der Waals surface area contributed by atoms with Gasteiger partial charge in [-0.2, -0.15) is 0 Å². The summed E-state index contributed by atoms with van der Waals surface area (Å²) in [5, 5.41) is 11.8. The van der Waals surface area contributed by atoms with E-state index in [0.717, 1.165) is 16.9 Å². The van der Waals surface area contributed by atoms with Crippen molar-refractivity contribution in [2.75, 3.05) is 6.61 Å². The smallest absolute Gasteiger partial charge is 0.326 e. The highest BCUT2D eigenvalue weighted by Gasteiger charge is 2.33. The summed E-state index contributed by atoms with van der Waals surface area (Å²) < 4.78 is 5.80. The second kappa shape index (κ2) is 7.49. The maximum atomic E-state index is 12.4. The molecule has 0 aliphatic heterocycles. The van der Waals surface area contributed by atoms with Crippen LogP contribution in [0.4, 0.5) is 0 Å². The van der Waals surface area contributed by atoms with Crippen molar-refractivity contribution in [3.05, 3.63) is 29.3 Å². The molecule has 5 heteroatoms. The summed E-state index contributed by atoms with van der Waals surface area (Å²) in [7, 11) is 0. The molecule has 1 atom stereocenters. The highest BCUT2D eigenvalue weighted by atomic mass is 16.5. The van der Waals surface area contributed by atoms with Crippen LogP contribution in [0, 0.1) is 25.2 Å². The van der Waals surface area contributed by atoms with Gasteiger partial charge >= 0.3 is 5.97 Å². The van der Waals surface area contributed by atoms with Crippen LogP contribution in [0.5, 0.6) is 5.75 Å². The summed E-state index contributed by atoms with van der Waals surface area (Å²) in [6.45, 7) is 11.1. The fraction of sp³-hybridized carbons (Fsp3) is 0.556. The molecule has 0 heterocycles. The Kier molecular flexibility index (Phi) is 6.19. The summed E-state index contributed by atoms with van der Waals surface area (Å²) in [6, 6.07) is 5.00. The Morgan fingerprint density at radius 2 is 1.87 bits per heavy atom. The van der Waals surface area contributed by atoms with Crippen LogP contribution in [-0.2, 0) is 9.59 Å². The number of carbonyl (C=O) groups is 2. The van der Waals surface area contributed by atoms with Crippen molar-refractivity contribution in [2.24, 2.45) is 11.3 Å². The number of ether oxygens (including phenoxy) is 1. The molecule has 1 unspecified atom stereocenters. The van der Waals surface area contributed by atoms with E-state index in [0.29, 0.717) is 0 Å². The van der Waals surface area contributed by atoms with Gasteiger partial charge in [-0.3, -0.25) is 4.79 Å². The van der Waals surface area contributed by atoms with Gasteiger partial charge in [-0.25, -0.2) is 4.79 Å². The average Bonchev–Trinajstić information content (AvgIpc) is 2.44. The van der Waals surface area contributed by atoms with E-state index >= 15 is 0 Å². The average molecular weight is 321 g/mol. The van der Waals surface area contributed by atoms with Gasteiger partial charge in [-0.05, 0) is 50.8 Å². The second-order valence-corrected chi connectivity index (χ2v) is 6.97. The third kappa shape index (κ3) is 5.27. The lowest BCUT2D eigenvalue weighted by Crippen LogP contribution is -2.50. The van der Waals surface area contributed by atoms with E-state index < -0.39 is 17.4 Å². The van der Waals surface area contributed by atoms with Gasteiger partial charge in [0.15, 0.2) is 0 Å². The monoisotopic (exact) mass is 321 g/mol. The van der Waals surface area contributed by atoms with Gasteiger partial charge in [0, 0.05) is 0 Å². The predicted molar refractivity (Wildman–Crippen MR) is 89.6 cm³/mol.